The van der Waals surface area contributed by atoms with Crippen molar-refractivity contribution in [2.75, 3.05) is 11.4 Å². The van der Waals surface area contributed by atoms with Gasteiger partial charge >= 0.3 is 0 Å². The number of benzene rings is 1. The van der Waals surface area contributed by atoms with Crippen molar-refractivity contribution in [1.29, 1.82) is 0 Å². The lowest BCUT2D eigenvalue weighted by atomic mass is 10.1. The van der Waals surface area contributed by atoms with Crippen molar-refractivity contribution < 1.29 is 9.59 Å². The minimum absolute atomic E-state index is 0.0331. The molecule has 1 aliphatic heterocycles. The molecule has 1 fully saturated rings. The highest BCUT2D eigenvalue weighted by atomic mass is 32.1. The Hall–Kier alpha value is -2.47. The zero-order chi connectivity index (χ0) is 16.2. The maximum Gasteiger partial charge on any atom is 0.245 e. The van der Waals surface area contributed by atoms with E-state index >= 15 is 0 Å². The number of amides is 2. The summed E-state index contributed by atoms with van der Waals surface area (Å²) in [6, 6.07) is 13.3. The number of hydrazone groups is 1. The number of hydrogen-bond donors (Lipinski definition) is 1. The van der Waals surface area contributed by atoms with Crippen molar-refractivity contribution in [2.24, 2.45) is 11.0 Å². The molecular formula is C17H17N3O2S. The van der Waals surface area contributed by atoms with E-state index in [1.807, 2.05) is 49.4 Å². The minimum atomic E-state index is -0.370. The van der Waals surface area contributed by atoms with Crippen LogP contribution in [-0.4, -0.2) is 24.6 Å². The van der Waals surface area contributed by atoms with E-state index < -0.39 is 0 Å². The van der Waals surface area contributed by atoms with E-state index in [2.05, 4.69) is 10.5 Å². The SMILES string of the molecule is Cc1ccc(/C=N\NC(=O)[C@H]2CC(=O)N(c3ccccc3)C2)s1. The largest absolute Gasteiger partial charge is 0.312 e. The molecule has 1 saturated heterocycles. The van der Waals surface area contributed by atoms with E-state index in [0.717, 1.165) is 10.6 Å². The number of rotatable bonds is 4. The number of carbonyl (C=O) groups excluding carboxylic acids is 2. The molecule has 0 saturated carbocycles. The summed E-state index contributed by atoms with van der Waals surface area (Å²) >= 11 is 1.61. The van der Waals surface area contributed by atoms with Crippen molar-refractivity contribution in [1.82, 2.24) is 5.43 Å². The van der Waals surface area contributed by atoms with Gasteiger partial charge in [-0.25, -0.2) is 5.43 Å². The van der Waals surface area contributed by atoms with Crippen LogP contribution in [-0.2, 0) is 9.59 Å². The summed E-state index contributed by atoms with van der Waals surface area (Å²) in [6.07, 6.45) is 1.84. The molecule has 0 radical (unpaired) electrons. The predicted octanol–water partition coefficient (Wildman–Crippen LogP) is 2.56. The van der Waals surface area contributed by atoms with Crippen LogP contribution in [0.25, 0.3) is 0 Å². The number of aryl methyl sites for hydroxylation is 1. The average Bonchev–Trinajstić information content (AvgIpc) is 3.14. The first-order valence-corrected chi connectivity index (χ1v) is 8.20. The second-order valence-electron chi connectivity index (χ2n) is 5.42. The van der Waals surface area contributed by atoms with Gasteiger partial charge in [0.25, 0.3) is 0 Å². The van der Waals surface area contributed by atoms with Crippen LogP contribution in [0.5, 0.6) is 0 Å². The lowest BCUT2D eigenvalue weighted by Crippen LogP contribution is -2.30. The fourth-order valence-electron chi connectivity index (χ4n) is 2.51. The Morgan fingerprint density at radius 3 is 2.78 bits per heavy atom. The van der Waals surface area contributed by atoms with Crippen LogP contribution in [0.1, 0.15) is 16.2 Å². The van der Waals surface area contributed by atoms with Gasteiger partial charge in [0, 0.05) is 28.4 Å². The third kappa shape index (κ3) is 3.65. The first-order valence-electron chi connectivity index (χ1n) is 7.38. The van der Waals surface area contributed by atoms with Crippen LogP contribution >= 0.6 is 11.3 Å². The molecule has 1 aromatic carbocycles. The molecule has 23 heavy (non-hydrogen) atoms. The molecule has 1 aliphatic rings. The highest BCUT2D eigenvalue weighted by Gasteiger charge is 2.34. The molecular weight excluding hydrogens is 310 g/mol. The molecule has 3 rings (SSSR count). The second-order valence-corrected chi connectivity index (χ2v) is 6.74. The molecule has 0 aliphatic carbocycles. The normalized spacial score (nSPS) is 17.9. The van der Waals surface area contributed by atoms with E-state index in [0.29, 0.717) is 6.54 Å². The lowest BCUT2D eigenvalue weighted by Gasteiger charge is -2.16. The number of hydrogen-bond acceptors (Lipinski definition) is 4. The third-order valence-corrected chi connectivity index (χ3v) is 4.63. The van der Waals surface area contributed by atoms with Crippen LogP contribution in [0.4, 0.5) is 5.69 Å². The molecule has 0 spiro atoms. The number of nitrogens with zero attached hydrogens (tertiary/aromatic N) is 2. The summed E-state index contributed by atoms with van der Waals surface area (Å²) in [4.78, 5) is 28.1. The highest BCUT2D eigenvalue weighted by Crippen LogP contribution is 2.24. The van der Waals surface area contributed by atoms with Gasteiger partial charge in [-0.3, -0.25) is 9.59 Å². The summed E-state index contributed by atoms with van der Waals surface area (Å²) in [7, 11) is 0. The van der Waals surface area contributed by atoms with Gasteiger partial charge in [-0.1, -0.05) is 18.2 Å². The van der Waals surface area contributed by atoms with Crippen molar-refractivity contribution in [2.45, 2.75) is 13.3 Å². The Kier molecular flexibility index (Phi) is 4.52. The molecule has 6 heteroatoms. The van der Waals surface area contributed by atoms with E-state index in [-0.39, 0.29) is 24.2 Å². The molecule has 0 unspecified atom stereocenters. The number of anilines is 1. The molecule has 2 heterocycles. The fraction of sp³-hybridized carbons (Fsp3) is 0.235. The number of para-hydroxylation sites is 1. The summed E-state index contributed by atoms with van der Waals surface area (Å²) in [5.41, 5.74) is 3.36. The van der Waals surface area contributed by atoms with Gasteiger partial charge in [0.15, 0.2) is 0 Å². The zero-order valence-corrected chi connectivity index (χ0v) is 13.5. The monoisotopic (exact) mass is 327 g/mol. The molecule has 1 atom stereocenters. The van der Waals surface area contributed by atoms with Crippen LogP contribution in [0, 0.1) is 12.8 Å². The van der Waals surface area contributed by atoms with E-state index in [1.165, 1.54) is 4.88 Å². The number of thiophene rings is 1. The molecule has 2 aromatic rings. The molecule has 1 aromatic heterocycles. The maximum absolute atomic E-state index is 12.2. The maximum atomic E-state index is 12.2. The van der Waals surface area contributed by atoms with Gasteiger partial charge in [-0.05, 0) is 31.2 Å². The van der Waals surface area contributed by atoms with Gasteiger partial charge in [0.1, 0.15) is 0 Å². The third-order valence-electron chi connectivity index (χ3n) is 3.69. The highest BCUT2D eigenvalue weighted by molar-refractivity contribution is 7.13. The van der Waals surface area contributed by atoms with Crippen molar-refractivity contribution in [3.8, 4) is 0 Å². The molecule has 2 amide bonds. The van der Waals surface area contributed by atoms with Crippen molar-refractivity contribution in [3.63, 3.8) is 0 Å². The summed E-state index contributed by atoms with van der Waals surface area (Å²) < 4.78 is 0. The lowest BCUT2D eigenvalue weighted by molar-refractivity contribution is -0.126. The molecule has 5 nitrogen and oxygen atoms in total. The van der Waals surface area contributed by atoms with E-state index in [1.54, 1.807) is 22.5 Å². The first kappa shape index (κ1) is 15.4. The first-order chi connectivity index (χ1) is 11.1. The smallest absolute Gasteiger partial charge is 0.245 e. The van der Waals surface area contributed by atoms with Gasteiger partial charge < -0.3 is 4.90 Å². The summed E-state index contributed by atoms with van der Waals surface area (Å²) in [5, 5.41) is 3.98. The van der Waals surface area contributed by atoms with Crippen LogP contribution in [0.15, 0.2) is 47.6 Å². The summed E-state index contributed by atoms with van der Waals surface area (Å²) in [5.74, 6) is -0.625. The standard InChI is InChI=1S/C17H17N3O2S/c1-12-7-8-15(23-12)10-18-19-17(22)13-9-16(21)20(11-13)14-5-3-2-4-6-14/h2-8,10,13H,9,11H2,1H3,(H,19,22)/b18-10-/t13-/m0/s1. The molecule has 118 valence electrons. The second kappa shape index (κ2) is 6.75. The number of nitrogens with one attached hydrogen (secondary N) is 1. The Bertz CT molecular complexity index is 739. The van der Waals surface area contributed by atoms with E-state index in [4.69, 9.17) is 0 Å². The molecule has 1 N–H and O–H groups in total. The topological polar surface area (TPSA) is 61.8 Å². The van der Waals surface area contributed by atoms with Gasteiger partial charge in [0.2, 0.25) is 11.8 Å². The Labute approximate surface area is 138 Å². The zero-order valence-electron chi connectivity index (χ0n) is 12.7. The van der Waals surface area contributed by atoms with Gasteiger partial charge in [-0.15, -0.1) is 11.3 Å². The number of carbonyl (C=O) groups is 2. The Balaban J connectivity index is 1.58. The van der Waals surface area contributed by atoms with Crippen molar-refractivity contribution >= 4 is 35.1 Å². The van der Waals surface area contributed by atoms with Crippen LogP contribution < -0.4 is 10.3 Å². The average molecular weight is 327 g/mol. The van der Waals surface area contributed by atoms with Crippen molar-refractivity contribution in [3.05, 3.63) is 52.2 Å². The van der Waals surface area contributed by atoms with E-state index in [9.17, 15) is 9.59 Å². The Morgan fingerprint density at radius 2 is 2.09 bits per heavy atom. The van der Waals surface area contributed by atoms with Crippen LogP contribution in [0.2, 0.25) is 0 Å². The van der Waals surface area contributed by atoms with Crippen LogP contribution in [0.3, 0.4) is 0 Å². The fourth-order valence-corrected chi connectivity index (χ4v) is 3.26. The Morgan fingerprint density at radius 1 is 1.30 bits per heavy atom. The van der Waals surface area contributed by atoms with Gasteiger partial charge in [-0.2, -0.15) is 5.10 Å². The molecule has 0 bridgehead atoms. The quantitative estimate of drug-likeness (QED) is 0.693. The summed E-state index contributed by atoms with van der Waals surface area (Å²) in [6.45, 7) is 2.41. The minimum Gasteiger partial charge on any atom is -0.312 e. The predicted molar refractivity (Wildman–Crippen MR) is 91.7 cm³/mol. The van der Waals surface area contributed by atoms with Gasteiger partial charge in [0.05, 0.1) is 12.1 Å².